The monoisotopic (exact) mass is 268 g/mol. The summed E-state index contributed by atoms with van der Waals surface area (Å²) in [5.41, 5.74) is 0.377. The van der Waals surface area contributed by atoms with Crippen molar-refractivity contribution in [2.75, 3.05) is 32.8 Å². The lowest BCUT2D eigenvalue weighted by Gasteiger charge is -2.27. The molecular formula is C15H28N2O2. The number of hydrogen-bond donors (Lipinski definition) is 1. The maximum absolute atomic E-state index is 12.7. The van der Waals surface area contributed by atoms with Crippen LogP contribution in [0.1, 0.15) is 40.0 Å². The molecule has 0 bridgehead atoms. The molecule has 19 heavy (non-hydrogen) atoms. The van der Waals surface area contributed by atoms with Gasteiger partial charge in [0.25, 0.3) is 0 Å². The average Bonchev–Trinajstić information content (AvgIpc) is 2.73. The van der Waals surface area contributed by atoms with Gasteiger partial charge in [-0.15, -0.1) is 0 Å². The van der Waals surface area contributed by atoms with Crippen LogP contribution >= 0.6 is 0 Å². The van der Waals surface area contributed by atoms with E-state index >= 15 is 0 Å². The molecule has 0 saturated carbocycles. The molecule has 1 amide bonds. The molecule has 2 heterocycles. The number of carbonyl (C=O) groups is 1. The molecule has 2 aliphatic rings. The average molecular weight is 268 g/mol. The van der Waals surface area contributed by atoms with Gasteiger partial charge in [-0.2, -0.15) is 0 Å². The number of amides is 1. The van der Waals surface area contributed by atoms with Gasteiger partial charge < -0.3 is 15.0 Å². The number of likely N-dealkylation sites (N-methyl/N-ethyl adjacent to an activating group) is 1. The highest BCUT2D eigenvalue weighted by Gasteiger charge is 2.37. The molecule has 0 aliphatic carbocycles. The Labute approximate surface area is 116 Å². The van der Waals surface area contributed by atoms with Crippen molar-refractivity contribution < 1.29 is 9.53 Å². The Morgan fingerprint density at radius 1 is 1.32 bits per heavy atom. The van der Waals surface area contributed by atoms with Gasteiger partial charge >= 0.3 is 0 Å². The van der Waals surface area contributed by atoms with E-state index in [1.54, 1.807) is 0 Å². The maximum atomic E-state index is 12.7. The summed E-state index contributed by atoms with van der Waals surface area (Å²) in [6.07, 6.45) is 3.45. The lowest BCUT2D eigenvalue weighted by molar-refractivity contribution is -0.136. The largest absolute Gasteiger partial charge is 0.379 e. The number of ether oxygens (including phenoxy) is 1. The zero-order valence-electron chi connectivity index (χ0n) is 12.6. The van der Waals surface area contributed by atoms with Crippen molar-refractivity contribution in [2.45, 2.75) is 46.1 Å². The van der Waals surface area contributed by atoms with Crippen molar-refractivity contribution in [3.63, 3.8) is 0 Å². The zero-order chi connectivity index (χ0) is 13.9. The van der Waals surface area contributed by atoms with Crippen molar-refractivity contribution in [1.82, 2.24) is 10.2 Å². The molecule has 2 rings (SSSR count). The molecule has 110 valence electrons. The molecule has 0 aromatic rings. The van der Waals surface area contributed by atoms with E-state index in [4.69, 9.17) is 4.74 Å². The number of nitrogens with zero attached hydrogens (tertiary/aromatic N) is 1. The Bertz CT molecular complexity index is 317. The molecule has 0 aromatic carbocycles. The second kappa shape index (κ2) is 6.23. The van der Waals surface area contributed by atoms with Gasteiger partial charge in [0.05, 0.1) is 19.1 Å². The standard InChI is InChI=1S/C15H28N2O2/c1-4-16-13-11-19-10-12(13)14(18)17-8-5-6-15(2,3)7-9-17/h12-13,16H,4-11H2,1-3H3. The van der Waals surface area contributed by atoms with E-state index in [1.165, 1.54) is 6.42 Å². The second-order valence-electron chi connectivity index (χ2n) is 6.65. The highest BCUT2D eigenvalue weighted by Crippen LogP contribution is 2.30. The molecule has 0 radical (unpaired) electrons. The smallest absolute Gasteiger partial charge is 0.229 e. The fraction of sp³-hybridized carbons (Fsp3) is 0.933. The lowest BCUT2D eigenvalue weighted by atomic mass is 9.85. The predicted molar refractivity (Wildman–Crippen MR) is 76.0 cm³/mol. The number of hydrogen-bond acceptors (Lipinski definition) is 3. The zero-order valence-corrected chi connectivity index (χ0v) is 12.6. The van der Waals surface area contributed by atoms with Gasteiger partial charge in [0.1, 0.15) is 0 Å². The topological polar surface area (TPSA) is 41.6 Å². The first kappa shape index (κ1) is 14.8. The van der Waals surface area contributed by atoms with Crippen LogP contribution in [0.5, 0.6) is 0 Å². The first-order valence-corrected chi connectivity index (χ1v) is 7.63. The minimum absolute atomic E-state index is 0.0150. The van der Waals surface area contributed by atoms with E-state index in [9.17, 15) is 4.79 Å². The molecule has 0 spiro atoms. The number of rotatable bonds is 3. The molecular weight excluding hydrogens is 240 g/mol. The first-order chi connectivity index (χ1) is 9.03. The Balaban J connectivity index is 1.95. The van der Waals surface area contributed by atoms with Crippen molar-refractivity contribution in [2.24, 2.45) is 11.3 Å². The van der Waals surface area contributed by atoms with Gasteiger partial charge in [-0.05, 0) is 31.2 Å². The predicted octanol–water partition coefficient (Wildman–Crippen LogP) is 1.65. The number of likely N-dealkylation sites (tertiary alicyclic amines) is 1. The lowest BCUT2D eigenvalue weighted by Crippen LogP contribution is -2.46. The second-order valence-corrected chi connectivity index (χ2v) is 6.65. The van der Waals surface area contributed by atoms with Gasteiger partial charge in [-0.3, -0.25) is 4.79 Å². The Morgan fingerprint density at radius 3 is 2.84 bits per heavy atom. The third-order valence-electron chi connectivity index (χ3n) is 4.52. The molecule has 2 unspecified atom stereocenters. The van der Waals surface area contributed by atoms with E-state index in [2.05, 4.69) is 31.0 Å². The fourth-order valence-corrected chi connectivity index (χ4v) is 3.14. The van der Waals surface area contributed by atoms with Crippen molar-refractivity contribution in [1.29, 1.82) is 0 Å². The summed E-state index contributed by atoms with van der Waals surface area (Å²) in [6, 6.07) is 0.203. The van der Waals surface area contributed by atoms with Gasteiger partial charge in [-0.25, -0.2) is 0 Å². The molecule has 4 heteroatoms. The Kier molecular flexibility index (Phi) is 4.85. The number of nitrogens with one attached hydrogen (secondary N) is 1. The summed E-state index contributed by atoms with van der Waals surface area (Å²) in [4.78, 5) is 14.7. The Hall–Kier alpha value is -0.610. The van der Waals surface area contributed by atoms with Crippen LogP contribution in [-0.4, -0.2) is 49.7 Å². The Morgan fingerprint density at radius 2 is 2.11 bits per heavy atom. The summed E-state index contributed by atoms with van der Waals surface area (Å²) in [6.45, 7) is 10.7. The van der Waals surface area contributed by atoms with E-state index in [-0.39, 0.29) is 12.0 Å². The molecule has 4 nitrogen and oxygen atoms in total. The van der Waals surface area contributed by atoms with Crippen LogP contribution in [0.15, 0.2) is 0 Å². The van der Waals surface area contributed by atoms with Crippen LogP contribution in [-0.2, 0) is 9.53 Å². The van der Waals surface area contributed by atoms with Crippen molar-refractivity contribution in [3.05, 3.63) is 0 Å². The van der Waals surface area contributed by atoms with Crippen LogP contribution in [0.4, 0.5) is 0 Å². The van der Waals surface area contributed by atoms with Gasteiger partial charge in [0.2, 0.25) is 5.91 Å². The van der Waals surface area contributed by atoms with E-state index in [0.717, 1.165) is 32.5 Å². The van der Waals surface area contributed by atoms with Crippen LogP contribution in [0.3, 0.4) is 0 Å². The van der Waals surface area contributed by atoms with Crippen LogP contribution in [0, 0.1) is 11.3 Å². The highest BCUT2D eigenvalue weighted by atomic mass is 16.5. The summed E-state index contributed by atoms with van der Waals surface area (Å²) in [5, 5.41) is 3.37. The molecule has 2 atom stereocenters. The maximum Gasteiger partial charge on any atom is 0.229 e. The number of carbonyl (C=O) groups excluding carboxylic acids is 1. The van der Waals surface area contributed by atoms with Gasteiger partial charge in [0, 0.05) is 19.1 Å². The normalized spacial score (nSPS) is 31.2. The minimum atomic E-state index is 0.0150. The highest BCUT2D eigenvalue weighted by molar-refractivity contribution is 5.80. The minimum Gasteiger partial charge on any atom is -0.379 e. The van der Waals surface area contributed by atoms with Gasteiger partial charge in [-0.1, -0.05) is 20.8 Å². The summed E-state index contributed by atoms with van der Waals surface area (Å²) < 4.78 is 5.50. The molecule has 2 aliphatic heterocycles. The van der Waals surface area contributed by atoms with Crippen LogP contribution in [0.2, 0.25) is 0 Å². The summed E-state index contributed by atoms with van der Waals surface area (Å²) in [7, 11) is 0. The van der Waals surface area contributed by atoms with Crippen LogP contribution < -0.4 is 5.32 Å². The molecule has 0 aromatic heterocycles. The summed E-state index contributed by atoms with van der Waals surface area (Å²) in [5.74, 6) is 0.308. The summed E-state index contributed by atoms with van der Waals surface area (Å²) >= 11 is 0. The molecule has 2 fully saturated rings. The van der Waals surface area contributed by atoms with E-state index in [1.807, 2.05) is 0 Å². The van der Waals surface area contributed by atoms with Crippen LogP contribution in [0.25, 0.3) is 0 Å². The third kappa shape index (κ3) is 3.69. The third-order valence-corrected chi connectivity index (χ3v) is 4.52. The molecule has 1 N–H and O–H groups in total. The SMILES string of the molecule is CCNC1COCC1C(=O)N1CCCC(C)(C)CC1. The van der Waals surface area contributed by atoms with Crippen molar-refractivity contribution in [3.8, 4) is 0 Å². The van der Waals surface area contributed by atoms with Gasteiger partial charge in [0.15, 0.2) is 0 Å². The van der Waals surface area contributed by atoms with E-state index in [0.29, 0.717) is 24.5 Å². The first-order valence-electron chi connectivity index (χ1n) is 7.63. The quantitative estimate of drug-likeness (QED) is 0.846. The van der Waals surface area contributed by atoms with Crippen molar-refractivity contribution >= 4 is 5.91 Å². The van der Waals surface area contributed by atoms with E-state index < -0.39 is 0 Å². The fourth-order valence-electron chi connectivity index (χ4n) is 3.14. The molecule has 2 saturated heterocycles.